The molecule has 0 radical (unpaired) electrons. The van der Waals surface area contributed by atoms with Crippen LogP contribution in [0.1, 0.15) is 32.1 Å². The molecule has 2 unspecified atom stereocenters. The molecule has 1 amide bonds. The fraction of sp³-hybridized carbons (Fsp3) is 0.636. The Balaban J connectivity index is 2.81. The summed E-state index contributed by atoms with van der Waals surface area (Å²) in [5.74, 6) is 0.607. The highest BCUT2D eigenvalue weighted by Gasteiger charge is 2.31. The van der Waals surface area contributed by atoms with Gasteiger partial charge in [0.25, 0.3) is 0 Å². The zero-order chi connectivity index (χ0) is 12.3. The fourth-order valence-corrected chi connectivity index (χ4v) is 1.87. The number of aryl methyl sites for hydroxylation is 1. The smallest absolute Gasteiger partial charge is 0.237 e. The number of nitrogens with zero attached hydrogens (tertiary/aromatic N) is 2. The van der Waals surface area contributed by atoms with Crippen molar-refractivity contribution in [3.63, 3.8) is 0 Å². The van der Waals surface area contributed by atoms with Gasteiger partial charge in [0.1, 0.15) is 5.82 Å². The van der Waals surface area contributed by atoms with Gasteiger partial charge in [-0.3, -0.25) is 4.79 Å². The predicted octanol–water partition coefficient (Wildman–Crippen LogP) is 0.606. The number of nitrogens with one attached hydrogen (secondary N) is 1. The minimum absolute atomic E-state index is 0.174. The minimum Gasteiger partial charge on any atom is -0.368 e. The number of hydrogen-bond donors (Lipinski definition) is 2. The maximum absolute atomic E-state index is 11.4. The molecule has 1 aromatic heterocycles. The summed E-state index contributed by atoms with van der Waals surface area (Å²) in [4.78, 5) is 15.5. The standard InChI is InChI=1S/C11H20N4O/c1-8(15-6-5-14-9(15)2)7-11(3,13-4)10(12)16/h5-6,8,13H,7H2,1-4H3,(H2,12,16). The average Bonchev–Trinajstić information content (AvgIpc) is 2.64. The first-order valence-corrected chi connectivity index (χ1v) is 5.39. The van der Waals surface area contributed by atoms with Crippen molar-refractivity contribution in [3.8, 4) is 0 Å². The molecule has 1 aromatic rings. The van der Waals surface area contributed by atoms with Gasteiger partial charge in [0, 0.05) is 18.4 Å². The Hall–Kier alpha value is -1.36. The summed E-state index contributed by atoms with van der Waals surface area (Å²) in [6.45, 7) is 5.81. The van der Waals surface area contributed by atoms with E-state index < -0.39 is 5.54 Å². The Morgan fingerprint density at radius 1 is 1.75 bits per heavy atom. The monoisotopic (exact) mass is 224 g/mol. The molecule has 0 aliphatic rings. The van der Waals surface area contributed by atoms with Crippen LogP contribution in [0.15, 0.2) is 12.4 Å². The van der Waals surface area contributed by atoms with Crippen molar-refractivity contribution in [2.24, 2.45) is 5.73 Å². The van der Waals surface area contributed by atoms with Crippen LogP contribution in [-0.4, -0.2) is 28.0 Å². The largest absolute Gasteiger partial charge is 0.368 e. The van der Waals surface area contributed by atoms with Crippen LogP contribution in [0.2, 0.25) is 0 Å². The van der Waals surface area contributed by atoms with Crippen LogP contribution in [0.4, 0.5) is 0 Å². The SMILES string of the molecule is CNC(C)(CC(C)n1ccnc1C)C(N)=O. The average molecular weight is 224 g/mol. The molecule has 0 fully saturated rings. The number of primary amides is 1. The zero-order valence-electron chi connectivity index (χ0n) is 10.3. The highest BCUT2D eigenvalue weighted by molar-refractivity contribution is 5.84. The molecule has 0 bridgehead atoms. The van der Waals surface area contributed by atoms with E-state index in [9.17, 15) is 4.79 Å². The first-order valence-electron chi connectivity index (χ1n) is 5.39. The molecular formula is C11H20N4O. The number of carbonyl (C=O) groups is 1. The second-order valence-corrected chi connectivity index (χ2v) is 4.38. The summed E-state index contributed by atoms with van der Waals surface area (Å²) >= 11 is 0. The van der Waals surface area contributed by atoms with E-state index in [1.807, 2.05) is 31.5 Å². The summed E-state index contributed by atoms with van der Waals surface area (Å²) in [5, 5.41) is 2.98. The van der Waals surface area contributed by atoms with E-state index in [-0.39, 0.29) is 11.9 Å². The number of carbonyl (C=O) groups excluding carboxylic acids is 1. The molecule has 0 aliphatic heterocycles. The normalized spacial score (nSPS) is 16.8. The highest BCUT2D eigenvalue weighted by atomic mass is 16.1. The quantitative estimate of drug-likeness (QED) is 0.769. The van der Waals surface area contributed by atoms with Gasteiger partial charge >= 0.3 is 0 Å². The van der Waals surface area contributed by atoms with Gasteiger partial charge in [0.2, 0.25) is 5.91 Å². The Labute approximate surface area is 96.0 Å². The van der Waals surface area contributed by atoms with Crippen LogP contribution >= 0.6 is 0 Å². The summed E-state index contributed by atoms with van der Waals surface area (Å²) in [7, 11) is 1.75. The number of nitrogens with two attached hydrogens (primary N) is 1. The van der Waals surface area contributed by atoms with Crippen LogP contribution in [0.25, 0.3) is 0 Å². The number of imidazole rings is 1. The molecule has 0 aromatic carbocycles. The van der Waals surface area contributed by atoms with Crippen LogP contribution in [-0.2, 0) is 4.79 Å². The second-order valence-electron chi connectivity index (χ2n) is 4.38. The first kappa shape index (κ1) is 12.7. The van der Waals surface area contributed by atoms with Crippen LogP contribution in [0, 0.1) is 6.92 Å². The molecule has 0 saturated heterocycles. The molecule has 1 rings (SSSR count). The van der Waals surface area contributed by atoms with Crippen molar-refractivity contribution in [3.05, 3.63) is 18.2 Å². The Morgan fingerprint density at radius 3 is 2.75 bits per heavy atom. The molecule has 0 spiro atoms. The molecule has 1 heterocycles. The fourth-order valence-electron chi connectivity index (χ4n) is 1.87. The van der Waals surface area contributed by atoms with E-state index in [1.165, 1.54) is 0 Å². The van der Waals surface area contributed by atoms with Gasteiger partial charge in [-0.15, -0.1) is 0 Å². The number of amides is 1. The van der Waals surface area contributed by atoms with E-state index in [0.717, 1.165) is 5.82 Å². The van der Waals surface area contributed by atoms with E-state index in [1.54, 1.807) is 13.2 Å². The predicted molar refractivity (Wildman–Crippen MR) is 63.0 cm³/mol. The molecule has 3 N–H and O–H groups in total. The van der Waals surface area contributed by atoms with Crippen LogP contribution < -0.4 is 11.1 Å². The molecule has 0 aliphatic carbocycles. The Kier molecular flexibility index (Phi) is 3.70. The minimum atomic E-state index is -0.684. The van der Waals surface area contributed by atoms with Gasteiger partial charge in [0.15, 0.2) is 0 Å². The Bertz CT molecular complexity index is 374. The van der Waals surface area contributed by atoms with Crippen LogP contribution in [0.3, 0.4) is 0 Å². The van der Waals surface area contributed by atoms with Crippen molar-refractivity contribution in [1.82, 2.24) is 14.9 Å². The number of rotatable bonds is 5. The Morgan fingerprint density at radius 2 is 2.38 bits per heavy atom. The molecule has 0 saturated carbocycles. The van der Waals surface area contributed by atoms with Crippen molar-refractivity contribution in [2.75, 3.05) is 7.05 Å². The third kappa shape index (κ3) is 2.41. The third-order valence-electron chi connectivity index (χ3n) is 3.14. The van der Waals surface area contributed by atoms with E-state index in [4.69, 9.17) is 5.73 Å². The lowest BCUT2D eigenvalue weighted by Gasteiger charge is -2.29. The number of likely N-dealkylation sites (N-methyl/N-ethyl adjacent to an activating group) is 1. The van der Waals surface area contributed by atoms with E-state index in [2.05, 4.69) is 10.3 Å². The summed E-state index contributed by atoms with van der Waals surface area (Å²) in [6.07, 6.45) is 4.31. The van der Waals surface area contributed by atoms with Crippen molar-refractivity contribution >= 4 is 5.91 Å². The van der Waals surface area contributed by atoms with Gasteiger partial charge in [-0.2, -0.15) is 0 Å². The van der Waals surface area contributed by atoms with Gasteiger partial charge in [0.05, 0.1) is 5.54 Å². The molecule has 2 atom stereocenters. The van der Waals surface area contributed by atoms with Gasteiger partial charge < -0.3 is 15.6 Å². The van der Waals surface area contributed by atoms with Gasteiger partial charge in [-0.05, 0) is 34.2 Å². The van der Waals surface area contributed by atoms with E-state index in [0.29, 0.717) is 6.42 Å². The maximum atomic E-state index is 11.4. The zero-order valence-corrected chi connectivity index (χ0v) is 10.3. The summed E-state index contributed by atoms with van der Waals surface area (Å²) < 4.78 is 2.04. The van der Waals surface area contributed by atoms with Crippen molar-refractivity contribution < 1.29 is 4.79 Å². The lowest BCUT2D eigenvalue weighted by atomic mass is 9.93. The molecular weight excluding hydrogens is 204 g/mol. The maximum Gasteiger partial charge on any atom is 0.237 e. The number of aromatic nitrogens is 2. The third-order valence-corrected chi connectivity index (χ3v) is 3.14. The van der Waals surface area contributed by atoms with E-state index >= 15 is 0 Å². The van der Waals surface area contributed by atoms with Crippen molar-refractivity contribution in [2.45, 2.75) is 38.8 Å². The van der Waals surface area contributed by atoms with Gasteiger partial charge in [-0.1, -0.05) is 0 Å². The molecule has 5 heteroatoms. The lowest BCUT2D eigenvalue weighted by Crippen LogP contribution is -2.52. The number of hydrogen-bond acceptors (Lipinski definition) is 3. The first-order chi connectivity index (χ1) is 7.40. The molecule has 90 valence electrons. The van der Waals surface area contributed by atoms with Crippen molar-refractivity contribution in [1.29, 1.82) is 0 Å². The topological polar surface area (TPSA) is 72.9 Å². The second kappa shape index (κ2) is 4.65. The molecule has 5 nitrogen and oxygen atoms in total. The molecule has 16 heavy (non-hydrogen) atoms. The lowest BCUT2D eigenvalue weighted by molar-refractivity contribution is -0.124. The van der Waals surface area contributed by atoms with Crippen LogP contribution in [0.5, 0.6) is 0 Å². The summed E-state index contributed by atoms with van der Waals surface area (Å²) in [5.41, 5.74) is 4.71. The van der Waals surface area contributed by atoms with Gasteiger partial charge in [-0.25, -0.2) is 4.98 Å². The highest BCUT2D eigenvalue weighted by Crippen LogP contribution is 2.21. The summed E-state index contributed by atoms with van der Waals surface area (Å²) in [6, 6.07) is 0.174.